The van der Waals surface area contributed by atoms with Crippen LogP contribution in [0.25, 0.3) is 0 Å². The van der Waals surface area contributed by atoms with Crippen LogP contribution >= 0.6 is 15.9 Å². The Morgan fingerprint density at radius 1 is 1.36 bits per heavy atom. The number of hydrogen-bond donors (Lipinski definition) is 1. The summed E-state index contributed by atoms with van der Waals surface area (Å²) < 4.78 is 0.868. The molecule has 0 spiro atoms. The number of aryl methyl sites for hydroxylation is 1. The fraction of sp³-hybridized carbons (Fsp3) is 0.391. The molecular weight excluding hydrogens is 414 g/mol. The fourth-order valence-corrected chi connectivity index (χ4v) is 4.64. The molecule has 0 bridgehead atoms. The van der Waals surface area contributed by atoms with Crippen molar-refractivity contribution in [2.45, 2.75) is 52.5 Å². The molecule has 4 nitrogen and oxygen atoms in total. The summed E-state index contributed by atoms with van der Waals surface area (Å²) >= 11 is 3.38. The van der Waals surface area contributed by atoms with Gasteiger partial charge < -0.3 is 4.90 Å². The SMILES string of the molecule is CCN1c2cc(C)c(/C=N\NC(=O)c3cccc(Br)c3)cc2C(C)CC1(C)C. The van der Waals surface area contributed by atoms with Gasteiger partial charge >= 0.3 is 0 Å². The van der Waals surface area contributed by atoms with Crippen molar-refractivity contribution in [2.75, 3.05) is 11.4 Å². The van der Waals surface area contributed by atoms with Crippen LogP contribution in [0.5, 0.6) is 0 Å². The Kier molecular flexibility index (Phi) is 5.94. The molecule has 28 heavy (non-hydrogen) atoms. The summed E-state index contributed by atoms with van der Waals surface area (Å²) in [5.74, 6) is 0.261. The highest BCUT2D eigenvalue weighted by molar-refractivity contribution is 9.10. The number of rotatable bonds is 4. The molecule has 3 rings (SSSR count). The monoisotopic (exact) mass is 441 g/mol. The lowest BCUT2D eigenvalue weighted by Crippen LogP contribution is -2.48. The maximum atomic E-state index is 12.3. The molecule has 2 aromatic rings. The van der Waals surface area contributed by atoms with Gasteiger partial charge in [0.2, 0.25) is 0 Å². The Morgan fingerprint density at radius 2 is 2.11 bits per heavy atom. The van der Waals surface area contributed by atoms with Crippen LogP contribution < -0.4 is 10.3 Å². The number of nitrogens with one attached hydrogen (secondary N) is 1. The van der Waals surface area contributed by atoms with Crippen molar-refractivity contribution >= 4 is 33.7 Å². The Bertz CT molecular complexity index is 920. The molecule has 1 N–H and O–H groups in total. The molecule has 5 heteroatoms. The number of nitrogens with zero attached hydrogens (tertiary/aromatic N) is 2. The summed E-state index contributed by atoms with van der Waals surface area (Å²) in [7, 11) is 0. The highest BCUT2D eigenvalue weighted by Crippen LogP contribution is 2.43. The molecule has 0 aromatic heterocycles. The van der Waals surface area contributed by atoms with Crippen LogP contribution in [-0.2, 0) is 0 Å². The van der Waals surface area contributed by atoms with Crippen molar-refractivity contribution in [3.05, 3.63) is 63.1 Å². The van der Waals surface area contributed by atoms with Gasteiger partial charge in [0, 0.05) is 27.8 Å². The predicted molar refractivity (Wildman–Crippen MR) is 121 cm³/mol. The van der Waals surface area contributed by atoms with E-state index in [1.165, 1.54) is 11.3 Å². The average molecular weight is 442 g/mol. The third-order valence-corrected chi connectivity index (χ3v) is 6.04. The third-order valence-electron chi connectivity index (χ3n) is 5.55. The number of hydrogen-bond acceptors (Lipinski definition) is 3. The molecule has 0 saturated carbocycles. The zero-order chi connectivity index (χ0) is 20.5. The van der Waals surface area contributed by atoms with Gasteiger partial charge in [-0.15, -0.1) is 0 Å². The lowest BCUT2D eigenvalue weighted by atomic mass is 9.79. The Balaban J connectivity index is 1.83. The minimum Gasteiger partial charge on any atom is -0.366 e. The molecule has 148 valence electrons. The Hall–Kier alpha value is -2.14. The molecule has 0 saturated heterocycles. The van der Waals surface area contributed by atoms with Gasteiger partial charge in [-0.3, -0.25) is 4.79 Å². The maximum absolute atomic E-state index is 12.3. The van der Waals surface area contributed by atoms with Gasteiger partial charge in [0.05, 0.1) is 6.21 Å². The van der Waals surface area contributed by atoms with Crippen molar-refractivity contribution in [3.63, 3.8) is 0 Å². The zero-order valence-corrected chi connectivity index (χ0v) is 18.8. The van der Waals surface area contributed by atoms with Crippen molar-refractivity contribution in [1.29, 1.82) is 0 Å². The quantitative estimate of drug-likeness (QED) is 0.493. The summed E-state index contributed by atoms with van der Waals surface area (Å²) in [5, 5.41) is 4.20. The maximum Gasteiger partial charge on any atom is 0.271 e. The molecule has 1 unspecified atom stereocenters. The van der Waals surface area contributed by atoms with Gasteiger partial charge in [0.1, 0.15) is 0 Å². The average Bonchev–Trinajstić information content (AvgIpc) is 2.62. The smallest absolute Gasteiger partial charge is 0.271 e. The van der Waals surface area contributed by atoms with E-state index in [2.05, 4.69) is 78.1 Å². The van der Waals surface area contributed by atoms with Crippen LogP contribution in [-0.4, -0.2) is 24.2 Å². The highest BCUT2D eigenvalue weighted by atomic mass is 79.9. The van der Waals surface area contributed by atoms with Crippen LogP contribution in [0.3, 0.4) is 0 Å². The minimum absolute atomic E-state index is 0.154. The Morgan fingerprint density at radius 3 is 2.79 bits per heavy atom. The second kappa shape index (κ2) is 8.08. The molecule has 1 heterocycles. The van der Waals surface area contributed by atoms with Gasteiger partial charge in [-0.2, -0.15) is 5.10 Å². The van der Waals surface area contributed by atoms with E-state index in [1.54, 1.807) is 18.3 Å². The van der Waals surface area contributed by atoms with Crippen molar-refractivity contribution in [1.82, 2.24) is 5.43 Å². The fourth-order valence-electron chi connectivity index (χ4n) is 4.24. The lowest BCUT2D eigenvalue weighted by molar-refractivity contribution is 0.0955. The van der Waals surface area contributed by atoms with Crippen molar-refractivity contribution in [3.8, 4) is 0 Å². The number of fused-ring (bicyclic) bond motifs is 1. The van der Waals surface area contributed by atoms with E-state index in [4.69, 9.17) is 0 Å². The van der Waals surface area contributed by atoms with Crippen LogP contribution in [0.1, 0.15) is 67.1 Å². The zero-order valence-electron chi connectivity index (χ0n) is 17.2. The van der Waals surface area contributed by atoms with Gasteiger partial charge in [0.25, 0.3) is 5.91 Å². The number of hydrazone groups is 1. The lowest BCUT2D eigenvalue weighted by Gasteiger charge is -2.47. The number of benzene rings is 2. The van der Waals surface area contributed by atoms with Crippen LogP contribution in [0.2, 0.25) is 0 Å². The molecular formula is C23H28BrN3O. The largest absolute Gasteiger partial charge is 0.366 e. The molecule has 0 aliphatic carbocycles. The van der Waals surface area contributed by atoms with Gasteiger partial charge in [-0.05, 0) is 87.1 Å². The normalized spacial score (nSPS) is 18.2. The van der Waals surface area contributed by atoms with E-state index in [1.807, 2.05) is 12.1 Å². The number of anilines is 1. The van der Waals surface area contributed by atoms with Crippen molar-refractivity contribution in [2.24, 2.45) is 5.10 Å². The van der Waals surface area contributed by atoms with E-state index in [9.17, 15) is 4.79 Å². The van der Waals surface area contributed by atoms with Crippen molar-refractivity contribution < 1.29 is 4.79 Å². The first-order valence-electron chi connectivity index (χ1n) is 9.74. The molecule has 1 atom stereocenters. The van der Waals surface area contributed by atoms with Gasteiger partial charge in [-0.25, -0.2) is 5.43 Å². The van der Waals surface area contributed by atoms with Gasteiger partial charge in [-0.1, -0.05) is 28.9 Å². The molecule has 1 aliphatic rings. The second-order valence-electron chi connectivity index (χ2n) is 8.14. The first-order chi connectivity index (χ1) is 13.2. The second-order valence-corrected chi connectivity index (χ2v) is 9.05. The van der Waals surface area contributed by atoms with E-state index in [0.29, 0.717) is 11.5 Å². The van der Waals surface area contributed by atoms with Crippen LogP contribution in [0.4, 0.5) is 5.69 Å². The predicted octanol–water partition coefficient (Wildman–Crippen LogP) is 5.63. The Labute approximate surface area is 176 Å². The number of carbonyl (C=O) groups excluding carboxylic acids is 1. The highest BCUT2D eigenvalue weighted by Gasteiger charge is 2.35. The summed E-state index contributed by atoms with van der Waals surface area (Å²) in [6, 6.07) is 11.7. The van der Waals surface area contributed by atoms with E-state index in [-0.39, 0.29) is 11.4 Å². The summed E-state index contributed by atoms with van der Waals surface area (Å²) in [5.41, 5.74) is 8.22. The third kappa shape index (κ3) is 4.14. The molecule has 2 aromatic carbocycles. The topological polar surface area (TPSA) is 44.7 Å². The number of carbonyl (C=O) groups is 1. The summed E-state index contributed by atoms with van der Waals surface area (Å²) in [6.45, 7) is 12.2. The molecule has 1 aliphatic heterocycles. The minimum atomic E-state index is -0.222. The van der Waals surface area contributed by atoms with E-state index >= 15 is 0 Å². The molecule has 0 radical (unpaired) electrons. The first kappa shape index (κ1) is 20.6. The van der Waals surface area contributed by atoms with Gasteiger partial charge in [0.15, 0.2) is 0 Å². The number of amides is 1. The van der Waals surface area contributed by atoms with Crippen LogP contribution in [0.15, 0.2) is 46.0 Å². The molecule has 1 amide bonds. The summed E-state index contributed by atoms with van der Waals surface area (Å²) in [4.78, 5) is 14.7. The number of halogens is 1. The van der Waals surface area contributed by atoms with E-state index in [0.717, 1.165) is 28.6 Å². The summed E-state index contributed by atoms with van der Waals surface area (Å²) in [6.07, 6.45) is 2.86. The molecule has 0 fully saturated rings. The standard InChI is InChI=1S/C23H28BrN3O/c1-6-27-21-10-15(2)18(12-20(21)16(3)13-23(27,4)5)14-25-26-22(28)17-8-7-9-19(24)11-17/h7-12,14,16H,6,13H2,1-5H3,(H,26,28)/b25-14-. The first-order valence-corrected chi connectivity index (χ1v) is 10.5. The van der Waals surface area contributed by atoms with Crippen LogP contribution in [0, 0.1) is 6.92 Å². The van der Waals surface area contributed by atoms with E-state index < -0.39 is 0 Å².